The molecule has 0 bridgehead atoms. The molecule has 2 aromatic carbocycles. The average Bonchev–Trinajstić information content (AvgIpc) is 3.23. The Hall–Kier alpha value is -2.55. The maximum atomic E-state index is 12.9. The molecule has 1 heterocycles. The van der Waals surface area contributed by atoms with Crippen LogP contribution in [0.3, 0.4) is 0 Å². The molecule has 2 amide bonds. The van der Waals surface area contributed by atoms with Gasteiger partial charge in [0.15, 0.2) is 11.0 Å². The van der Waals surface area contributed by atoms with Gasteiger partial charge >= 0.3 is 0 Å². The van der Waals surface area contributed by atoms with Crippen LogP contribution >= 0.6 is 35.0 Å². The lowest BCUT2D eigenvalue weighted by molar-refractivity contribution is -0.113. The van der Waals surface area contributed by atoms with Crippen molar-refractivity contribution >= 4 is 52.5 Å². The first kappa shape index (κ1) is 27.0. The maximum absolute atomic E-state index is 12.9. The lowest BCUT2D eigenvalue weighted by Gasteiger charge is -2.22. The van der Waals surface area contributed by atoms with Crippen molar-refractivity contribution in [2.45, 2.75) is 51.9 Å². The molecule has 0 saturated carbocycles. The number of carbonyl (C=O) groups excluding carboxylic acids is 2. The zero-order valence-electron chi connectivity index (χ0n) is 20.1. The van der Waals surface area contributed by atoms with Crippen LogP contribution in [0.1, 0.15) is 55.5 Å². The number of nitrogens with zero attached hydrogens (tertiary/aromatic N) is 3. The van der Waals surface area contributed by atoms with Gasteiger partial charge in [0.25, 0.3) is 5.91 Å². The van der Waals surface area contributed by atoms with E-state index in [1.165, 1.54) is 23.4 Å². The van der Waals surface area contributed by atoms with E-state index in [2.05, 4.69) is 27.8 Å². The first-order valence-corrected chi connectivity index (χ1v) is 13.2. The number of carbonyl (C=O) groups is 2. The van der Waals surface area contributed by atoms with E-state index in [4.69, 9.17) is 23.2 Å². The van der Waals surface area contributed by atoms with E-state index in [9.17, 15) is 9.59 Å². The van der Waals surface area contributed by atoms with Gasteiger partial charge in [0.05, 0.1) is 22.4 Å². The molecule has 1 unspecified atom stereocenters. The third kappa shape index (κ3) is 6.99. The number of aryl methyl sites for hydroxylation is 1. The van der Waals surface area contributed by atoms with E-state index in [1.54, 1.807) is 12.1 Å². The fraction of sp³-hybridized carbons (Fsp3) is 0.360. The van der Waals surface area contributed by atoms with Crippen molar-refractivity contribution in [2.75, 3.05) is 11.1 Å². The Morgan fingerprint density at radius 1 is 1.06 bits per heavy atom. The van der Waals surface area contributed by atoms with Gasteiger partial charge < -0.3 is 15.2 Å². The van der Waals surface area contributed by atoms with Crippen LogP contribution in [0.5, 0.6) is 0 Å². The Labute approximate surface area is 220 Å². The minimum Gasteiger partial charge on any atom is -0.342 e. The quantitative estimate of drug-likeness (QED) is 0.311. The van der Waals surface area contributed by atoms with Gasteiger partial charge in [-0.1, -0.05) is 67.9 Å². The van der Waals surface area contributed by atoms with E-state index in [1.807, 2.05) is 49.6 Å². The Kier molecular flexibility index (Phi) is 9.60. The van der Waals surface area contributed by atoms with Crippen LogP contribution in [0, 0.1) is 5.92 Å². The van der Waals surface area contributed by atoms with Crippen molar-refractivity contribution in [3.05, 3.63) is 69.5 Å². The highest BCUT2D eigenvalue weighted by atomic mass is 35.5. The average molecular weight is 535 g/mol. The largest absolute Gasteiger partial charge is 0.342 e. The van der Waals surface area contributed by atoms with Gasteiger partial charge in [0.2, 0.25) is 5.91 Å². The second-order valence-electron chi connectivity index (χ2n) is 8.29. The number of halogens is 2. The van der Waals surface area contributed by atoms with Gasteiger partial charge in [0.1, 0.15) is 0 Å². The molecule has 0 aliphatic rings. The standard InChI is InChI=1S/C25H29Cl2N5O2S/c1-5-16-7-10-18(11-8-16)28-21(33)14-35-25-31-30-23(32(25)6-2)22(15(3)4)29-24(34)19-12-9-17(26)13-20(19)27/h7-13,15,22H,5-6,14H2,1-4H3,(H,28,33)(H,29,34). The summed E-state index contributed by atoms with van der Waals surface area (Å²) in [5, 5.41) is 16.0. The predicted octanol–water partition coefficient (Wildman–Crippen LogP) is 6.03. The summed E-state index contributed by atoms with van der Waals surface area (Å²) in [5.41, 5.74) is 2.31. The van der Waals surface area contributed by atoms with Gasteiger partial charge in [-0.25, -0.2) is 0 Å². The fourth-order valence-corrected chi connectivity index (χ4v) is 4.81. The minimum absolute atomic E-state index is 0.0340. The van der Waals surface area contributed by atoms with E-state index in [0.717, 1.165) is 12.1 Å². The van der Waals surface area contributed by atoms with Crippen LogP contribution in [-0.4, -0.2) is 32.3 Å². The Bertz CT molecular complexity index is 1180. The number of nitrogens with one attached hydrogen (secondary N) is 2. The summed E-state index contributed by atoms with van der Waals surface area (Å²) in [6.07, 6.45) is 0.948. The molecule has 3 aromatic rings. The number of benzene rings is 2. The maximum Gasteiger partial charge on any atom is 0.253 e. The highest BCUT2D eigenvalue weighted by Crippen LogP contribution is 2.27. The molecule has 35 heavy (non-hydrogen) atoms. The van der Waals surface area contributed by atoms with Crippen molar-refractivity contribution in [3.63, 3.8) is 0 Å². The van der Waals surface area contributed by atoms with Crippen molar-refractivity contribution < 1.29 is 9.59 Å². The number of rotatable bonds is 10. The summed E-state index contributed by atoms with van der Waals surface area (Å²) >= 11 is 13.5. The molecule has 2 N–H and O–H groups in total. The number of anilines is 1. The lowest BCUT2D eigenvalue weighted by Crippen LogP contribution is -2.34. The third-order valence-electron chi connectivity index (χ3n) is 5.45. The molecule has 186 valence electrons. The Morgan fingerprint density at radius 2 is 1.77 bits per heavy atom. The van der Waals surface area contributed by atoms with Crippen LogP contribution in [0.2, 0.25) is 10.0 Å². The topological polar surface area (TPSA) is 88.9 Å². The van der Waals surface area contributed by atoms with Crippen molar-refractivity contribution in [1.29, 1.82) is 0 Å². The Morgan fingerprint density at radius 3 is 2.37 bits per heavy atom. The molecule has 3 rings (SSSR count). The first-order chi connectivity index (χ1) is 16.7. The van der Waals surface area contributed by atoms with Crippen LogP contribution in [0.25, 0.3) is 0 Å². The second kappa shape index (κ2) is 12.4. The molecule has 1 aromatic heterocycles. The van der Waals surface area contributed by atoms with E-state index in [-0.39, 0.29) is 28.5 Å². The van der Waals surface area contributed by atoms with Gasteiger partial charge in [-0.2, -0.15) is 0 Å². The second-order valence-corrected chi connectivity index (χ2v) is 10.1. The smallest absolute Gasteiger partial charge is 0.253 e. The molecule has 10 heteroatoms. The number of hydrogen-bond donors (Lipinski definition) is 2. The Balaban J connectivity index is 1.70. The van der Waals surface area contributed by atoms with E-state index < -0.39 is 6.04 Å². The van der Waals surface area contributed by atoms with Crippen molar-refractivity contribution in [3.8, 4) is 0 Å². The summed E-state index contributed by atoms with van der Waals surface area (Å²) in [7, 11) is 0. The lowest BCUT2D eigenvalue weighted by atomic mass is 10.0. The monoisotopic (exact) mass is 533 g/mol. The van der Waals surface area contributed by atoms with Crippen LogP contribution in [0.4, 0.5) is 5.69 Å². The molecule has 0 radical (unpaired) electrons. The van der Waals surface area contributed by atoms with Crippen LogP contribution in [0.15, 0.2) is 47.6 Å². The SMILES string of the molecule is CCc1ccc(NC(=O)CSc2nnc(C(NC(=O)c3ccc(Cl)cc3Cl)C(C)C)n2CC)cc1. The van der Waals surface area contributed by atoms with Crippen molar-refractivity contribution in [1.82, 2.24) is 20.1 Å². The molecular formula is C25H29Cl2N5O2S. The van der Waals surface area contributed by atoms with Crippen LogP contribution < -0.4 is 10.6 Å². The zero-order valence-corrected chi connectivity index (χ0v) is 22.5. The number of aromatic nitrogens is 3. The first-order valence-electron chi connectivity index (χ1n) is 11.4. The highest BCUT2D eigenvalue weighted by molar-refractivity contribution is 7.99. The molecule has 0 aliphatic heterocycles. The molecule has 0 fully saturated rings. The number of thioether (sulfide) groups is 1. The van der Waals surface area contributed by atoms with Gasteiger partial charge in [0, 0.05) is 17.3 Å². The molecular weight excluding hydrogens is 505 g/mol. The third-order valence-corrected chi connectivity index (χ3v) is 6.96. The van der Waals surface area contributed by atoms with Gasteiger partial charge in [-0.15, -0.1) is 10.2 Å². The highest BCUT2D eigenvalue weighted by Gasteiger charge is 2.27. The normalized spacial score (nSPS) is 12.0. The fourth-order valence-electron chi connectivity index (χ4n) is 3.51. The van der Waals surface area contributed by atoms with Gasteiger partial charge in [-0.05, 0) is 55.2 Å². The van der Waals surface area contributed by atoms with Gasteiger partial charge in [-0.3, -0.25) is 9.59 Å². The summed E-state index contributed by atoms with van der Waals surface area (Å²) < 4.78 is 1.92. The molecule has 0 aliphatic carbocycles. The van der Waals surface area contributed by atoms with Crippen molar-refractivity contribution in [2.24, 2.45) is 5.92 Å². The summed E-state index contributed by atoms with van der Waals surface area (Å²) in [6, 6.07) is 12.2. The molecule has 1 atom stereocenters. The molecule has 0 spiro atoms. The van der Waals surface area contributed by atoms with Crippen LogP contribution in [-0.2, 0) is 17.8 Å². The predicted molar refractivity (Wildman–Crippen MR) is 142 cm³/mol. The minimum atomic E-state index is -0.401. The molecule has 7 nitrogen and oxygen atoms in total. The summed E-state index contributed by atoms with van der Waals surface area (Å²) in [5.74, 6) is 0.397. The molecule has 0 saturated heterocycles. The number of hydrogen-bond acceptors (Lipinski definition) is 5. The summed E-state index contributed by atoms with van der Waals surface area (Å²) in [6.45, 7) is 8.64. The zero-order chi connectivity index (χ0) is 25.5. The van der Waals surface area contributed by atoms with E-state index >= 15 is 0 Å². The number of amides is 2. The van der Waals surface area contributed by atoms with E-state index in [0.29, 0.717) is 28.1 Å². The summed E-state index contributed by atoms with van der Waals surface area (Å²) in [4.78, 5) is 25.4.